The number of rotatable bonds is 4. The van der Waals surface area contributed by atoms with Gasteiger partial charge in [0, 0.05) is 18.1 Å². The van der Waals surface area contributed by atoms with Gasteiger partial charge in [-0.25, -0.2) is 0 Å². The van der Waals surface area contributed by atoms with Gasteiger partial charge >= 0.3 is 0 Å². The first-order chi connectivity index (χ1) is 10.5. The molecule has 4 nitrogen and oxygen atoms in total. The molecule has 1 atom stereocenters. The number of nitrogens with zero attached hydrogens (tertiary/aromatic N) is 2. The van der Waals surface area contributed by atoms with Gasteiger partial charge in [0.1, 0.15) is 0 Å². The van der Waals surface area contributed by atoms with Crippen molar-refractivity contribution in [2.75, 3.05) is 0 Å². The predicted molar refractivity (Wildman–Crippen MR) is 85.6 cm³/mol. The lowest BCUT2D eigenvalue weighted by molar-refractivity contribution is 0.0930. The summed E-state index contributed by atoms with van der Waals surface area (Å²) < 4.78 is 0. The molecule has 2 aromatic rings. The van der Waals surface area contributed by atoms with Crippen LogP contribution >= 0.6 is 0 Å². The van der Waals surface area contributed by atoms with Crippen LogP contribution in [0.3, 0.4) is 0 Å². The third-order valence-electron chi connectivity index (χ3n) is 4.24. The minimum absolute atomic E-state index is 0.00555. The van der Waals surface area contributed by atoms with E-state index in [-0.39, 0.29) is 11.9 Å². The molecular formula is C18H21N3O. The first kappa shape index (κ1) is 14.7. The van der Waals surface area contributed by atoms with E-state index in [0.29, 0.717) is 11.5 Å². The van der Waals surface area contributed by atoms with E-state index in [2.05, 4.69) is 21.4 Å². The average molecular weight is 295 g/mol. The summed E-state index contributed by atoms with van der Waals surface area (Å²) in [6.45, 7) is 5.96. The van der Waals surface area contributed by atoms with Crippen molar-refractivity contribution < 1.29 is 4.79 Å². The zero-order valence-corrected chi connectivity index (χ0v) is 13.3. The van der Waals surface area contributed by atoms with Crippen LogP contribution in [0.2, 0.25) is 0 Å². The summed E-state index contributed by atoms with van der Waals surface area (Å²) in [6.07, 6.45) is 5.74. The molecule has 1 unspecified atom stereocenters. The van der Waals surface area contributed by atoms with E-state index in [9.17, 15) is 4.79 Å². The van der Waals surface area contributed by atoms with Crippen LogP contribution in [0.15, 0.2) is 30.6 Å². The molecule has 0 spiro atoms. The highest BCUT2D eigenvalue weighted by Gasteiger charge is 2.34. The maximum Gasteiger partial charge on any atom is 0.253 e. The Hall–Kier alpha value is -2.23. The van der Waals surface area contributed by atoms with Crippen LogP contribution in [0.25, 0.3) is 0 Å². The molecule has 0 saturated heterocycles. The molecule has 1 N–H and O–H groups in total. The van der Waals surface area contributed by atoms with Crippen LogP contribution in [0, 0.1) is 26.7 Å². The van der Waals surface area contributed by atoms with Gasteiger partial charge in [-0.15, -0.1) is 0 Å². The summed E-state index contributed by atoms with van der Waals surface area (Å²) in [7, 11) is 0. The molecule has 114 valence electrons. The highest BCUT2D eigenvalue weighted by atomic mass is 16.1. The van der Waals surface area contributed by atoms with E-state index in [1.165, 1.54) is 0 Å². The van der Waals surface area contributed by atoms with Gasteiger partial charge in [-0.3, -0.25) is 14.8 Å². The van der Waals surface area contributed by atoms with Gasteiger partial charge in [0.15, 0.2) is 0 Å². The number of pyridine rings is 2. The minimum Gasteiger partial charge on any atom is -0.343 e. The Morgan fingerprint density at radius 3 is 2.64 bits per heavy atom. The zero-order valence-electron chi connectivity index (χ0n) is 13.3. The summed E-state index contributed by atoms with van der Waals surface area (Å²) in [5.74, 6) is 0.425. The topological polar surface area (TPSA) is 54.9 Å². The van der Waals surface area contributed by atoms with Crippen molar-refractivity contribution in [3.8, 4) is 0 Å². The molecule has 2 aromatic heterocycles. The van der Waals surface area contributed by atoms with Gasteiger partial charge in [-0.05, 0) is 68.9 Å². The Kier molecular flexibility index (Phi) is 3.92. The highest BCUT2D eigenvalue weighted by Crippen LogP contribution is 2.40. The minimum atomic E-state index is -0.0733. The molecule has 4 heteroatoms. The lowest BCUT2D eigenvalue weighted by atomic mass is 10.1. The Morgan fingerprint density at radius 1 is 1.23 bits per heavy atom. The fourth-order valence-electron chi connectivity index (χ4n) is 2.58. The van der Waals surface area contributed by atoms with Crippen LogP contribution in [0.5, 0.6) is 0 Å². The van der Waals surface area contributed by atoms with Crippen molar-refractivity contribution >= 4 is 5.91 Å². The zero-order chi connectivity index (χ0) is 15.7. The summed E-state index contributed by atoms with van der Waals surface area (Å²) in [5, 5.41) is 3.14. The molecule has 1 saturated carbocycles. The van der Waals surface area contributed by atoms with Gasteiger partial charge in [0.2, 0.25) is 0 Å². The second-order valence-electron chi connectivity index (χ2n) is 6.17. The molecule has 1 fully saturated rings. The molecule has 0 aliphatic heterocycles. The molecule has 1 aliphatic rings. The van der Waals surface area contributed by atoms with Crippen molar-refractivity contribution in [2.45, 2.75) is 39.7 Å². The number of hydrogen-bond acceptors (Lipinski definition) is 3. The van der Waals surface area contributed by atoms with Crippen LogP contribution in [0.1, 0.15) is 51.8 Å². The standard InChI is InChI=1S/C18H21N3O/c1-11-6-7-19-16(8-11)17(14-4-5-14)21-18(22)15-9-12(2)13(3)20-10-15/h6-10,14,17H,4-5H2,1-3H3,(H,21,22). The van der Waals surface area contributed by atoms with Crippen molar-refractivity contribution in [1.82, 2.24) is 15.3 Å². The van der Waals surface area contributed by atoms with Crippen LogP contribution in [0.4, 0.5) is 0 Å². The van der Waals surface area contributed by atoms with Crippen LogP contribution < -0.4 is 5.32 Å². The molecule has 1 amide bonds. The van der Waals surface area contributed by atoms with Crippen LogP contribution in [-0.2, 0) is 0 Å². The van der Waals surface area contributed by atoms with E-state index < -0.39 is 0 Å². The Balaban J connectivity index is 1.82. The Labute approximate surface area is 131 Å². The second kappa shape index (κ2) is 5.87. The average Bonchev–Trinajstić information content (AvgIpc) is 3.32. The number of aromatic nitrogens is 2. The highest BCUT2D eigenvalue weighted by molar-refractivity contribution is 5.94. The number of carbonyl (C=O) groups excluding carboxylic acids is 1. The summed E-state index contributed by atoms with van der Waals surface area (Å²) in [5.41, 5.74) is 4.71. The summed E-state index contributed by atoms with van der Waals surface area (Å²) in [4.78, 5) is 21.3. The number of aryl methyl sites for hydroxylation is 3. The number of carbonyl (C=O) groups is 1. The third kappa shape index (κ3) is 3.16. The first-order valence-electron chi connectivity index (χ1n) is 7.71. The normalized spacial score (nSPS) is 15.4. The first-order valence-corrected chi connectivity index (χ1v) is 7.71. The van der Waals surface area contributed by atoms with E-state index in [0.717, 1.165) is 35.4 Å². The number of amides is 1. The predicted octanol–water partition coefficient (Wildman–Crippen LogP) is 3.28. The quantitative estimate of drug-likeness (QED) is 0.941. The van der Waals surface area contributed by atoms with E-state index in [1.54, 1.807) is 6.20 Å². The van der Waals surface area contributed by atoms with E-state index >= 15 is 0 Å². The maximum absolute atomic E-state index is 12.5. The molecule has 22 heavy (non-hydrogen) atoms. The monoisotopic (exact) mass is 295 g/mol. The smallest absolute Gasteiger partial charge is 0.253 e. The van der Waals surface area contributed by atoms with Gasteiger partial charge in [0.05, 0.1) is 17.3 Å². The largest absolute Gasteiger partial charge is 0.343 e. The molecule has 1 aliphatic carbocycles. The Morgan fingerprint density at radius 2 is 2.00 bits per heavy atom. The molecule has 0 radical (unpaired) electrons. The lowest BCUT2D eigenvalue weighted by Gasteiger charge is -2.18. The molecule has 0 bridgehead atoms. The van der Waals surface area contributed by atoms with Crippen molar-refractivity contribution in [3.63, 3.8) is 0 Å². The van der Waals surface area contributed by atoms with Crippen LogP contribution in [-0.4, -0.2) is 15.9 Å². The van der Waals surface area contributed by atoms with Gasteiger partial charge in [-0.1, -0.05) is 0 Å². The molecular weight excluding hydrogens is 274 g/mol. The molecule has 2 heterocycles. The maximum atomic E-state index is 12.5. The lowest BCUT2D eigenvalue weighted by Crippen LogP contribution is -2.30. The van der Waals surface area contributed by atoms with Gasteiger partial charge in [0.25, 0.3) is 5.91 Å². The molecule has 3 rings (SSSR count). The van der Waals surface area contributed by atoms with Gasteiger partial charge < -0.3 is 5.32 Å². The van der Waals surface area contributed by atoms with Crippen molar-refractivity contribution in [3.05, 3.63) is 58.7 Å². The third-order valence-corrected chi connectivity index (χ3v) is 4.24. The van der Waals surface area contributed by atoms with Crippen molar-refractivity contribution in [2.24, 2.45) is 5.92 Å². The Bertz CT molecular complexity index is 707. The molecule has 0 aromatic carbocycles. The fraction of sp³-hybridized carbons (Fsp3) is 0.389. The summed E-state index contributed by atoms with van der Waals surface area (Å²) in [6, 6.07) is 5.92. The number of hydrogen-bond donors (Lipinski definition) is 1. The SMILES string of the molecule is Cc1ccnc(C(NC(=O)c2cnc(C)c(C)c2)C2CC2)c1. The van der Waals surface area contributed by atoms with E-state index in [4.69, 9.17) is 0 Å². The fourth-order valence-corrected chi connectivity index (χ4v) is 2.58. The van der Waals surface area contributed by atoms with Crippen molar-refractivity contribution in [1.29, 1.82) is 0 Å². The number of nitrogens with one attached hydrogen (secondary N) is 1. The van der Waals surface area contributed by atoms with Gasteiger partial charge in [-0.2, -0.15) is 0 Å². The van der Waals surface area contributed by atoms with E-state index in [1.807, 2.05) is 39.1 Å². The second-order valence-corrected chi connectivity index (χ2v) is 6.17. The summed E-state index contributed by atoms with van der Waals surface area (Å²) >= 11 is 0.